The number of aromatic nitrogens is 1. The molecule has 2 aromatic rings. The molecule has 1 heterocycles. The van der Waals surface area contributed by atoms with E-state index < -0.39 is 5.91 Å². The Balaban J connectivity index is 1.84. The summed E-state index contributed by atoms with van der Waals surface area (Å²) in [5.74, 6) is -0.260. The van der Waals surface area contributed by atoms with Crippen LogP contribution in [0.1, 0.15) is 24.0 Å². The molecule has 22 heavy (non-hydrogen) atoms. The minimum atomic E-state index is -0.456. The lowest BCUT2D eigenvalue weighted by Crippen LogP contribution is -2.18. The number of rotatable bonds is 7. The average Bonchev–Trinajstić information content (AvgIpc) is 2.87. The molecule has 0 saturated heterocycles. The molecule has 0 bridgehead atoms. The molecular formula is C16H19BrN2O3. The number of carbonyl (C=O) groups excluding carboxylic acids is 1. The van der Waals surface area contributed by atoms with Crippen LogP contribution in [0.5, 0.6) is 5.88 Å². The Kier molecular flexibility index (Phi) is 6.03. The third-order valence-electron chi connectivity index (χ3n) is 3.54. The van der Waals surface area contributed by atoms with E-state index in [4.69, 9.17) is 5.21 Å². The van der Waals surface area contributed by atoms with Crippen molar-refractivity contribution in [1.29, 1.82) is 0 Å². The number of benzene rings is 1. The molecule has 1 aromatic heterocycles. The molecule has 0 atom stereocenters. The number of halogens is 1. The molecule has 5 nitrogen and oxygen atoms in total. The van der Waals surface area contributed by atoms with Gasteiger partial charge in [-0.1, -0.05) is 28.1 Å². The number of aromatic hydroxyl groups is 1. The number of amides is 1. The van der Waals surface area contributed by atoms with Crippen molar-refractivity contribution < 1.29 is 15.1 Å². The topological polar surface area (TPSA) is 74.5 Å². The quantitative estimate of drug-likeness (QED) is 0.520. The maximum absolute atomic E-state index is 11.0. The number of aryl methyl sites for hydroxylation is 3. The highest BCUT2D eigenvalue weighted by Crippen LogP contribution is 2.21. The number of hydroxylamine groups is 1. The fraction of sp³-hybridized carbons (Fsp3) is 0.312. The van der Waals surface area contributed by atoms with Gasteiger partial charge in [0.25, 0.3) is 0 Å². The molecular weight excluding hydrogens is 348 g/mol. The second kappa shape index (κ2) is 8.00. The summed E-state index contributed by atoms with van der Waals surface area (Å²) in [6.07, 6.45) is 4.22. The lowest BCUT2D eigenvalue weighted by molar-refractivity contribution is -0.129. The minimum Gasteiger partial charge on any atom is -0.494 e. The molecule has 1 amide bonds. The molecule has 0 aliphatic heterocycles. The molecule has 0 spiro atoms. The third-order valence-corrected chi connectivity index (χ3v) is 4.07. The summed E-state index contributed by atoms with van der Waals surface area (Å²) in [5.41, 5.74) is 3.56. The lowest BCUT2D eigenvalue weighted by atomic mass is 10.1. The van der Waals surface area contributed by atoms with Crippen LogP contribution in [0.25, 0.3) is 0 Å². The van der Waals surface area contributed by atoms with E-state index in [2.05, 4.69) is 28.1 Å². The summed E-state index contributed by atoms with van der Waals surface area (Å²) in [6.45, 7) is 0.716. The van der Waals surface area contributed by atoms with Crippen molar-refractivity contribution in [3.8, 4) is 5.88 Å². The fourth-order valence-corrected chi connectivity index (χ4v) is 2.56. The van der Waals surface area contributed by atoms with Crippen LogP contribution in [0.2, 0.25) is 0 Å². The van der Waals surface area contributed by atoms with E-state index in [1.807, 2.05) is 18.3 Å². The van der Waals surface area contributed by atoms with Crippen LogP contribution in [0, 0.1) is 0 Å². The van der Waals surface area contributed by atoms with E-state index in [1.54, 1.807) is 16.1 Å². The Labute approximate surface area is 137 Å². The fourth-order valence-electron chi connectivity index (χ4n) is 2.29. The molecule has 6 heteroatoms. The Morgan fingerprint density at radius 1 is 1.18 bits per heavy atom. The van der Waals surface area contributed by atoms with Gasteiger partial charge in [0.05, 0.1) is 0 Å². The van der Waals surface area contributed by atoms with Crippen molar-refractivity contribution in [2.75, 3.05) is 0 Å². The minimum absolute atomic E-state index is 0.146. The van der Waals surface area contributed by atoms with Crippen molar-refractivity contribution in [3.05, 3.63) is 52.1 Å². The SMILES string of the molecule is O=C(CCc1ccn(CCCc2ccc(Br)cc2)c1O)NO. The second-order valence-electron chi connectivity index (χ2n) is 5.12. The van der Waals surface area contributed by atoms with Gasteiger partial charge >= 0.3 is 0 Å². The number of carbonyl (C=O) groups is 1. The first-order valence-electron chi connectivity index (χ1n) is 7.14. The van der Waals surface area contributed by atoms with Gasteiger partial charge in [-0.05, 0) is 43.0 Å². The number of hydrogen-bond donors (Lipinski definition) is 3. The standard InChI is InChI=1S/C16H19BrN2O3/c17-14-6-3-12(4-7-14)2-1-10-19-11-9-13(16(19)21)5-8-15(20)18-22/h3-4,6-7,9,11,21-22H,1-2,5,8,10H2,(H,18,20). The predicted molar refractivity (Wildman–Crippen MR) is 86.8 cm³/mol. The zero-order valence-electron chi connectivity index (χ0n) is 12.1. The average molecular weight is 367 g/mol. The van der Waals surface area contributed by atoms with Crippen molar-refractivity contribution in [2.45, 2.75) is 32.2 Å². The van der Waals surface area contributed by atoms with E-state index in [9.17, 15) is 9.90 Å². The van der Waals surface area contributed by atoms with Crippen molar-refractivity contribution in [2.24, 2.45) is 0 Å². The van der Waals surface area contributed by atoms with E-state index >= 15 is 0 Å². The van der Waals surface area contributed by atoms with Crippen LogP contribution >= 0.6 is 15.9 Å². The summed E-state index contributed by atoms with van der Waals surface area (Å²) in [7, 11) is 0. The van der Waals surface area contributed by atoms with E-state index in [-0.39, 0.29) is 12.3 Å². The van der Waals surface area contributed by atoms with Gasteiger partial charge < -0.3 is 9.67 Å². The van der Waals surface area contributed by atoms with E-state index in [1.165, 1.54) is 5.56 Å². The summed E-state index contributed by atoms with van der Waals surface area (Å²) in [4.78, 5) is 11.0. The molecule has 118 valence electrons. The molecule has 0 aliphatic carbocycles. The van der Waals surface area contributed by atoms with Crippen LogP contribution in [0.4, 0.5) is 0 Å². The smallest absolute Gasteiger partial charge is 0.243 e. The van der Waals surface area contributed by atoms with Crippen LogP contribution in [-0.2, 0) is 24.2 Å². The molecule has 0 saturated carbocycles. The molecule has 0 radical (unpaired) electrons. The van der Waals surface area contributed by atoms with Gasteiger partial charge in [0.2, 0.25) is 5.91 Å². The Morgan fingerprint density at radius 3 is 2.59 bits per heavy atom. The van der Waals surface area contributed by atoms with Crippen LogP contribution in [-0.4, -0.2) is 20.8 Å². The Morgan fingerprint density at radius 2 is 1.91 bits per heavy atom. The van der Waals surface area contributed by atoms with Gasteiger partial charge in [0, 0.05) is 29.2 Å². The van der Waals surface area contributed by atoms with Gasteiger partial charge in [-0.25, -0.2) is 5.48 Å². The van der Waals surface area contributed by atoms with Gasteiger partial charge in [0.1, 0.15) is 0 Å². The molecule has 0 unspecified atom stereocenters. The number of hydrogen-bond acceptors (Lipinski definition) is 3. The Bertz CT molecular complexity index is 623. The largest absolute Gasteiger partial charge is 0.494 e. The van der Waals surface area contributed by atoms with E-state index in [0.29, 0.717) is 18.5 Å². The van der Waals surface area contributed by atoms with Crippen LogP contribution in [0.3, 0.4) is 0 Å². The zero-order valence-corrected chi connectivity index (χ0v) is 13.7. The second-order valence-corrected chi connectivity index (χ2v) is 6.04. The van der Waals surface area contributed by atoms with Gasteiger partial charge in [-0.15, -0.1) is 0 Å². The first-order chi connectivity index (χ1) is 10.6. The maximum atomic E-state index is 11.0. The molecule has 0 fully saturated rings. The monoisotopic (exact) mass is 366 g/mol. The molecule has 1 aromatic carbocycles. The third kappa shape index (κ3) is 4.61. The molecule has 0 aliphatic rings. The lowest BCUT2D eigenvalue weighted by Gasteiger charge is -2.06. The van der Waals surface area contributed by atoms with E-state index in [0.717, 1.165) is 17.3 Å². The van der Waals surface area contributed by atoms with Gasteiger partial charge in [-0.3, -0.25) is 10.0 Å². The normalized spacial score (nSPS) is 10.6. The van der Waals surface area contributed by atoms with Crippen LogP contribution < -0.4 is 5.48 Å². The maximum Gasteiger partial charge on any atom is 0.243 e. The number of nitrogens with zero attached hydrogens (tertiary/aromatic N) is 1. The summed E-state index contributed by atoms with van der Waals surface area (Å²) >= 11 is 3.41. The van der Waals surface area contributed by atoms with Gasteiger partial charge in [-0.2, -0.15) is 0 Å². The first kappa shape index (κ1) is 16.6. The van der Waals surface area contributed by atoms with Crippen molar-refractivity contribution in [3.63, 3.8) is 0 Å². The number of nitrogens with one attached hydrogen (secondary N) is 1. The highest BCUT2D eigenvalue weighted by Gasteiger charge is 2.09. The van der Waals surface area contributed by atoms with Crippen LogP contribution in [0.15, 0.2) is 41.0 Å². The predicted octanol–water partition coefficient (Wildman–Crippen LogP) is 3.03. The summed E-state index contributed by atoms with van der Waals surface area (Å²) < 4.78 is 2.85. The Hall–Kier alpha value is -1.79. The zero-order chi connectivity index (χ0) is 15.9. The highest BCUT2D eigenvalue weighted by molar-refractivity contribution is 9.10. The highest BCUT2D eigenvalue weighted by atomic mass is 79.9. The first-order valence-corrected chi connectivity index (χ1v) is 7.94. The van der Waals surface area contributed by atoms with Crippen molar-refractivity contribution >= 4 is 21.8 Å². The summed E-state index contributed by atoms with van der Waals surface area (Å²) in [6, 6.07) is 10.0. The van der Waals surface area contributed by atoms with Gasteiger partial charge in [0.15, 0.2) is 5.88 Å². The van der Waals surface area contributed by atoms with Crippen molar-refractivity contribution in [1.82, 2.24) is 10.0 Å². The summed E-state index contributed by atoms with van der Waals surface area (Å²) in [5, 5.41) is 18.6. The molecule has 3 N–H and O–H groups in total. The molecule has 2 rings (SSSR count).